The van der Waals surface area contributed by atoms with E-state index >= 15 is 0 Å². The number of benzene rings is 1. The monoisotopic (exact) mass is 392 g/mol. The second-order valence-corrected chi connectivity index (χ2v) is 8.72. The smallest absolute Gasteiger partial charge is 0.238 e. The maximum Gasteiger partial charge on any atom is 0.238 e. The van der Waals surface area contributed by atoms with Crippen LogP contribution in [0.25, 0.3) is 16.9 Å². The zero-order valence-corrected chi connectivity index (χ0v) is 15.1. The maximum atomic E-state index is 12.2. The van der Waals surface area contributed by atoms with Crippen LogP contribution in [0.3, 0.4) is 0 Å². The molecule has 4 rings (SSSR count). The second kappa shape index (κ2) is 6.32. The fourth-order valence-corrected chi connectivity index (χ4v) is 5.30. The van der Waals surface area contributed by atoms with Crippen LogP contribution in [0.2, 0.25) is 0 Å². The van der Waals surface area contributed by atoms with Crippen LogP contribution in [0, 0.1) is 0 Å². The van der Waals surface area contributed by atoms with E-state index in [9.17, 15) is 18.6 Å². The fraction of sp³-hybridized carbons (Fsp3) is 0.250. The van der Waals surface area contributed by atoms with E-state index in [1.807, 2.05) is 0 Å². The Balaban J connectivity index is 2.04. The number of nitrogens with two attached hydrogens (primary N) is 1. The van der Waals surface area contributed by atoms with Gasteiger partial charge in [0.15, 0.2) is 5.65 Å². The summed E-state index contributed by atoms with van der Waals surface area (Å²) in [7, 11) is -4.05. The first-order chi connectivity index (χ1) is 12.4. The van der Waals surface area contributed by atoms with E-state index in [1.54, 1.807) is 41.3 Å². The van der Waals surface area contributed by atoms with Crippen LogP contribution < -0.4 is 5.14 Å². The summed E-state index contributed by atoms with van der Waals surface area (Å²) >= 11 is 1.36. The Bertz CT molecular complexity index is 1080. The lowest BCUT2D eigenvalue weighted by Crippen LogP contribution is -2.25. The third-order valence-corrected chi connectivity index (χ3v) is 6.75. The number of aliphatic hydroxyl groups is 2. The molecule has 3 atom stereocenters. The zero-order chi connectivity index (χ0) is 18.5. The molecule has 0 saturated carbocycles. The number of fused-ring (bicyclic) bond motifs is 1. The standard InChI is InChI=1S/C16H16N4O4S2/c17-26(23,24)11-3-1-2-9(15-14(22)10(21)8-25-15)12(11)13-16-19-5-7-20(16)6-4-18-13/h1-7,10,14-15,21-22H,8H2,(H2,17,23,24). The first-order valence-electron chi connectivity index (χ1n) is 7.79. The molecule has 0 amide bonds. The summed E-state index contributed by atoms with van der Waals surface area (Å²) in [4.78, 5) is 8.52. The number of sulfonamides is 1. The van der Waals surface area contributed by atoms with E-state index in [1.165, 1.54) is 17.8 Å². The lowest BCUT2D eigenvalue weighted by Gasteiger charge is -2.21. The third kappa shape index (κ3) is 2.79. The Morgan fingerprint density at radius 2 is 1.92 bits per heavy atom. The molecule has 0 spiro atoms. The minimum atomic E-state index is -4.05. The molecule has 1 fully saturated rings. The molecule has 3 heterocycles. The Morgan fingerprint density at radius 1 is 1.19 bits per heavy atom. The number of aromatic nitrogens is 3. The van der Waals surface area contributed by atoms with Gasteiger partial charge in [-0.1, -0.05) is 12.1 Å². The van der Waals surface area contributed by atoms with Crippen molar-refractivity contribution in [2.75, 3.05) is 5.75 Å². The summed E-state index contributed by atoms with van der Waals surface area (Å²) in [5.41, 5.74) is 1.68. The largest absolute Gasteiger partial charge is 0.390 e. The van der Waals surface area contributed by atoms with Crippen molar-refractivity contribution in [3.05, 3.63) is 48.5 Å². The van der Waals surface area contributed by atoms with Crippen molar-refractivity contribution in [2.45, 2.75) is 22.4 Å². The second-order valence-electron chi connectivity index (χ2n) is 6.01. The van der Waals surface area contributed by atoms with Gasteiger partial charge in [0.05, 0.1) is 22.4 Å². The highest BCUT2D eigenvalue weighted by Gasteiger charge is 2.38. The van der Waals surface area contributed by atoms with E-state index in [4.69, 9.17) is 5.14 Å². The first kappa shape index (κ1) is 17.4. The Morgan fingerprint density at radius 3 is 2.58 bits per heavy atom. The molecule has 0 bridgehead atoms. The van der Waals surface area contributed by atoms with Crippen molar-refractivity contribution < 1.29 is 18.6 Å². The highest BCUT2D eigenvalue weighted by molar-refractivity contribution is 7.99. The van der Waals surface area contributed by atoms with Crippen molar-refractivity contribution in [1.29, 1.82) is 0 Å². The molecule has 1 saturated heterocycles. The summed E-state index contributed by atoms with van der Waals surface area (Å²) in [6, 6.07) is 4.70. The number of thioether (sulfide) groups is 1. The molecule has 136 valence electrons. The van der Waals surface area contributed by atoms with Crippen molar-refractivity contribution in [1.82, 2.24) is 14.4 Å². The number of hydrogen-bond donors (Lipinski definition) is 3. The molecule has 0 aliphatic carbocycles. The van der Waals surface area contributed by atoms with E-state index in [0.717, 1.165) is 0 Å². The minimum Gasteiger partial charge on any atom is -0.390 e. The van der Waals surface area contributed by atoms with E-state index < -0.39 is 27.5 Å². The van der Waals surface area contributed by atoms with Crippen LogP contribution >= 0.6 is 11.8 Å². The van der Waals surface area contributed by atoms with Crippen molar-refractivity contribution in [3.63, 3.8) is 0 Å². The molecular weight excluding hydrogens is 376 g/mol. The predicted molar refractivity (Wildman–Crippen MR) is 97.0 cm³/mol. The molecule has 26 heavy (non-hydrogen) atoms. The lowest BCUT2D eigenvalue weighted by molar-refractivity contribution is 0.0418. The minimum absolute atomic E-state index is 0.0900. The van der Waals surface area contributed by atoms with Crippen molar-refractivity contribution in [3.8, 4) is 11.3 Å². The number of rotatable bonds is 3. The van der Waals surface area contributed by atoms with Gasteiger partial charge in [0.25, 0.3) is 0 Å². The van der Waals surface area contributed by atoms with Crippen LogP contribution in [0.5, 0.6) is 0 Å². The molecule has 10 heteroatoms. The highest BCUT2D eigenvalue weighted by atomic mass is 32.2. The van der Waals surface area contributed by atoms with Gasteiger partial charge in [0.1, 0.15) is 5.69 Å². The molecule has 2 aromatic heterocycles. The summed E-state index contributed by atoms with van der Waals surface area (Å²) < 4.78 is 26.2. The topological polar surface area (TPSA) is 131 Å². The summed E-state index contributed by atoms with van der Waals surface area (Å²) in [5.74, 6) is 0.353. The normalized spacial score (nSPS) is 23.6. The Labute approximate surface area is 153 Å². The van der Waals surface area contributed by atoms with E-state index in [2.05, 4.69) is 9.97 Å². The van der Waals surface area contributed by atoms with Crippen molar-refractivity contribution in [2.24, 2.45) is 5.14 Å². The average molecular weight is 392 g/mol. The molecular formula is C16H16N4O4S2. The summed E-state index contributed by atoms with van der Waals surface area (Å²) in [5, 5.41) is 25.2. The van der Waals surface area contributed by atoms with Gasteiger partial charge in [-0.15, -0.1) is 11.8 Å². The van der Waals surface area contributed by atoms with Gasteiger partial charge in [0, 0.05) is 36.1 Å². The number of nitrogens with zero attached hydrogens (tertiary/aromatic N) is 3. The van der Waals surface area contributed by atoms with Gasteiger partial charge < -0.3 is 14.6 Å². The van der Waals surface area contributed by atoms with Gasteiger partial charge in [0.2, 0.25) is 10.0 Å². The summed E-state index contributed by atoms with van der Waals surface area (Å²) in [6.45, 7) is 0. The van der Waals surface area contributed by atoms with Gasteiger partial charge in [-0.3, -0.25) is 4.98 Å². The molecule has 8 nitrogen and oxygen atoms in total. The van der Waals surface area contributed by atoms with Gasteiger partial charge in [-0.05, 0) is 11.6 Å². The van der Waals surface area contributed by atoms with Crippen LogP contribution in [-0.2, 0) is 10.0 Å². The van der Waals surface area contributed by atoms with Crippen LogP contribution in [0.4, 0.5) is 0 Å². The third-order valence-electron chi connectivity index (χ3n) is 4.37. The molecule has 1 aliphatic heterocycles. The molecule has 0 radical (unpaired) electrons. The molecule has 3 unspecified atom stereocenters. The van der Waals surface area contributed by atoms with Gasteiger partial charge in [-0.25, -0.2) is 18.5 Å². The average Bonchev–Trinajstić information content (AvgIpc) is 3.21. The van der Waals surface area contributed by atoms with Crippen LogP contribution in [0.1, 0.15) is 10.8 Å². The van der Waals surface area contributed by atoms with Crippen molar-refractivity contribution >= 4 is 27.4 Å². The lowest BCUT2D eigenvalue weighted by atomic mass is 9.97. The summed E-state index contributed by atoms with van der Waals surface area (Å²) in [6.07, 6.45) is 4.65. The van der Waals surface area contributed by atoms with Gasteiger partial charge >= 0.3 is 0 Å². The number of primary sulfonamides is 1. The maximum absolute atomic E-state index is 12.2. The van der Waals surface area contributed by atoms with E-state index in [0.29, 0.717) is 28.2 Å². The number of imidazole rings is 1. The Kier molecular flexibility index (Phi) is 4.24. The number of aliphatic hydroxyl groups excluding tert-OH is 2. The van der Waals surface area contributed by atoms with Gasteiger partial charge in [-0.2, -0.15) is 0 Å². The quantitative estimate of drug-likeness (QED) is 0.593. The molecule has 1 aliphatic rings. The van der Waals surface area contributed by atoms with Crippen LogP contribution in [0.15, 0.2) is 47.9 Å². The predicted octanol–water partition coefficient (Wildman–Crippen LogP) is 0.553. The number of hydrogen-bond acceptors (Lipinski definition) is 7. The molecule has 4 N–H and O–H groups in total. The fourth-order valence-electron chi connectivity index (χ4n) is 3.18. The highest BCUT2D eigenvalue weighted by Crippen LogP contribution is 2.45. The molecule has 3 aromatic rings. The Hall–Kier alpha value is -1.98. The zero-order valence-electron chi connectivity index (χ0n) is 13.4. The first-order valence-corrected chi connectivity index (χ1v) is 10.4. The van der Waals surface area contributed by atoms with E-state index in [-0.39, 0.29) is 4.90 Å². The van der Waals surface area contributed by atoms with Crippen LogP contribution in [-0.4, -0.2) is 51.0 Å². The SMILES string of the molecule is NS(=O)(=O)c1cccc(C2SCC(O)C2O)c1-c1nccn2ccnc12. The molecule has 1 aromatic carbocycles.